The highest BCUT2D eigenvalue weighted by atomic mass is 16.6. The maximum absolute atomic E-state index is 13.5. The second-order valence-corrected chi connectivity index (χ2v) is 13.5. The zero-order chi connectivity index (χ0) is 30.6. The van der Waals surface area contributed by atoms with E-state index >= 15 is 0 Å². The van der Waals surface area contributed by atoms with Crippen LogP contribution in [0.4, 0.5) is 11.5 Å². The molecule has 0 radical (unpaired) electrons. The van der Waals surface area contributed by atoms with Gasteiger partial charge in [-0.25, -0.2) is 9.78 Å². The predicted molar refractivity (Wildman–Crippen MR) is 164 cm³/mol. The highest BCUT2D eigenvalue weighted by Crippen LogP contribution is 2.66. The molecule has 2 saturated carbocycles. The Balaban J connectivity index is 1.36. The number of aromatic hydroxyl groups is 1. The molecule has 43 heavy (non-hydrogen) atoms. The fraction of sp³-hybridized carbons (Fsp3) is 0.529. The molecule has 9 heteroatoms. The number of hydrogen-bond donors (Lipinski definition) is 4. The fourth-order valence-electron chi connectivity index (χ4n) is 8.25. The molecule has 1 spiro atoms. The Morgan fingerprint density at radius 1 is 1.19 bits per heavy atom. The number of phenols is 1. The summed E-state index contributed by atoms with van der Waals surface area (Å²) in [5.41, 5.74) is 0.812. The van der Waals surface area contributed by atoms with Gasteiger partial charge in [0.25, 0.3) is 0 Å². The van der Waals surface area contributed by atoms with E-state index < -0.39 is 23.5 Å². The van der Waals surface area contributed by atoms with Gasteiger partial charge in [0.1, 0.15) is 17.3 Å². The van der Waals surface area contributed by atoms with Crippen LogP contribution in [0.3, 0.4) is 0 Å². The number of rotatable bonds is 8. The zero-order valence-corrected chi connectivity index (χ0v) is 25.4. The lowest BCUT2D eigenvalue weighted by molar-refractivity contribution is -0.177. The van der Waals surface area contributed by atoms with Crippen LogP contribution in [-0.4, -0.2) is 71.3 Å². The summed E-state index contributed by atoms with van der Waals surface area (Å²) < 4.78 is 12.0. The summed E-state index contributed by atoms with van der Waals surface area (Å²) in [5, 5.41) is 35.6. The van der Waals surface area contributed by atoms with Gasteiger partial charge in [-0.05, 0) is 85.8 Å². The molecule has 3 heterocycles. The first-order chi connectivity index (χ1) is 20.5. The molecule has 2 aromatic rings. The molecule has 4 unspecified atom stereocenters. The molecular formula is C34H43N3O6. The van der Waals surface area contributed by atoms with Crippen LogP contribution in [0.1, 0.15) is 51.5 Å². The standard InChI is InChI=1S/C34H43N3O6/c1-32-12-11-29(40)33(2,19-38)27(32)10-13-34(20-42-34)28(32)18-25(36-30-7-5-6-14-35-30)24-17-23(43-31(24)41)15-21-8-9-22(37(3)4)16-26(21)39/h5-9,14-17,25,27-29,38-40H,10-13,18-20H2,1-4H3,(H,35,36)/t25?,27?,28?,29-,32+,33+,34?/m1/s1. The number of cyclic esters (lactones) is 1. The summed E-state index contributed by atoms with van der Waals surface area (Å²) in [6.45, 7) is 4.90. The van der Waals surface area contributed by atoms with Crippen molar-refractivity contribution < 1.29 is 29.6 Å². The summed E-state index contributed by atoms with van der Waals surface area (Å²) >= 11 is 0. The van der Waals surface area contributed by atoms with Crippen LogP contribution in [-0.2, 0) is 14.3 Å². The number of hydrogen-bond acceptors (Lipinski definition) is 9. The van der Waals surface area contributed by atoms with E-state index in [0.717, 1.165) is 24.9 Å². The number of aliphatic hydroxyl groups is 2. The lowest BCUT2D eigenvalue weighted by atomic mass is 9.44. The number of ether oxygens (including phenoxy) is 2. The minimum Gasteiger partial charge on any atom is -0.507 e. The van der Waals surface area contributed by atoms with Crippen molar-refractivity contribution in [3.63, 3.8) is 0 Å². The molecule has 7 atom stereocenters. The lowest BCUT2D eigenvalue weighted by Crippen LogP contribution is -2.61. The molecule has 1 aromatic heterocycles. The summed E-state index contributed by atoms with van der Waals surface area (Å²) in [4.78, 5) is 19.8. The second-order valence-electron chi connectivity index (χ2n) is 13.5. The number of carbonyl (C=O) groups excluding carboxylic acids is 1. The van der Waals surface area contributed by atoms with Crippen LogP contribution < -0.4 is 10.2 Å². The number of esters is 1. The third-order valence-electron chi connectivity index (χ3n) is 10.9. The van der Waals surface area contributed by atoms with E-state index in [1.807, 2.05) is 50.2 Å². The summed E-state index contributed by atoms with van der Waals surface area (Å²) in [7, 11) is 3.81. The van der Waals surface area contributed by atoms with E-state index in [0.29, 0.717) is 42.2 Å². The lowest BCUT2D eigenvalue weighted by Gasteiger charge is -2.61. The zero-order valence-electron chi connectivity index (χ0n) is 25.4. The quantitative estimate of drug-likeness (QED) is 0.260. The van der Waals surface area contributed by atoms with Gasteiger partial charge in [0.2, 0.25) is 0 Å². The van der Waals surface area contributed by atoms with Crippen LogP contribution in [0.2, 0.25) is 0 Å². The number of pyridine rings is 1. The highest BCUT2D eigenvalue weighted by molar-refractivity contribution is 5.95. The number of carbonyl (C=O) groups is 1. The van der Waals surface area contributed by atoms with Crippen molar-refractivity contribution in [2.45, 2.75) is 63.7 Å². The first-order valence-electron chi connectivity index (χ1n) is 15.3. The smallest absolute Gasteiger partial charge is 0.341 e. The number of benzene rings is 1. The average Bonchev–Trinajstić information content (AvgIpc) is 3.66. The molecule has 0 amide bonds. The van der Waals surface area contributed by atoms with Crippen molar-refractivity contribution in [3.05, 3.63) is 65.6 Å². The van der Waals surface area contributed by atoms with E-state index in [1.165, 1.54) is 0 Å². The van der Waals surface area contributed by atoms with Crippen molar-refractivity contribution in [2.24, 2.45) is 22.7 Å². The summed E-state index contributed by atoms with van der Waals surface area (Å²) in [6.07, 6.45) is 8.35. The summed E-state index contributed by atoms with van der Waals surface area (Å²) in [6, 6.07) is 10.6. The third kappa shape index (κ3) is 5.21. The topological polar surface area (TPSA) is 128 Å². The largest absolute Gasteiger partial charge is 0.507 e. The Hall–Kier alpha value is -3.40. The number of epoxide rings is 1. The van der Waals surface area contributed by atoms with Gasteiger partial charge in [-0.15, -0.1) is 0 Å². The van der Waals surface area contributed by atoms with Crippen LogP contribution in [0, 0.1) is 22.7 Å². The van der Waals surface area contributed by atoms with Gasteiger partial charge >= 0.3 is 5.97 Å². The minimum absolute atomic E-state index is 0.0708. The third-order valence-corrected chi connectivity index (χ3v) is 10.9. The first kappa shape index (κ1) is 29.7. The molecule has 1 aromatic carbocycles. The number of phenolic OH excluding ortho intramolecular Hbond substituents is 1. The van der Waals surface area contributed by atoms with Gasteiger partial charge in [0.05, 0.1) is 36.5 Å². The van der Waals surface area contributed by atoms with Crippen molar-refractivity contribution >= 4 is 23.6 Å². The van der Waals surface area contributed by atoms with E-state index in [1.54, 1.807) is 30.5 Å². The van der Waals surface area contributed by atoms with Gasteiger partial charge in [0, 0.05) is 43.0 Å². The number of nitrogens with one attached hydrogen (secondary N) is 1. The van der Waals surface area contributed by atoms with Gasteiger partial charge in [-0.1, -0.05) is 19.9 Å². The van der Waals surface area contributed by atoms with Crippen LogP contribution in [0.25, 0.3) is 6.08 Å². The number of anilines is 2. The SMILES string of the molecule is CN(C)c1ccc(C=C2C=C(C(CC3C4(CCC5[C@]3(C)CC[C@@H](O)[C@@]5(C)CO)CO4)Nc3ccccn3)C(=O)O2)c(O)c1. The Kier molecular flexibility index (Phi) is 7.55. The normalized spacial score (nSPS) is 34.8. The van der Waals surface area contributed by atoms with Crippen LogP contribution >= 0.6 is 0 Å². The van der Waals surface area contributed by atoms with Gasteiger partial charge < -0.3 is 35.0 Å². The number of aromatic nitrogens is 1. The Bertz CT molecular complexity index is 1440. The molecule has 4 N–H and O–H groups in total. The maximum atomic E-state index is 13.5. The van der Waals surface area contributed by atoms with Crippen molar-refractivity contribution in [3.8, 4) is 5.75 Å². The number of nitrogens with zero attached hydrogens (tertiary/aromatic N) is 2. The average molecular weight is 590 g/mol. The Morgan fingerprint density at radius 3 is 2.63 bits per heavy atom. The second kappa shape index (κ2) is 10.9. The van der Waals surface area contributed by atoms with Gasteiger partial charge in [-0.3, -0.25) is 0 Å². The molecule has 0 bridgehead atoms. The van der Waals surface area contributed by atoms with Crippen LogP contribution in [0.5, 0.6) is 5.75 Å². The monoisotopic (exact) mass is 589 g/mol. The molecule has 2 aliphatic carbocycles. The first-order valence-corrected chi connectivity index (χ1v) is 15.3. The van der Waals surface area contributed by atoms with Crippen molar-refractivity contribution in [1.82, 2.24) is 4.98 Å². The van der Waals surface area contributed by atoms with E-state index in [2.05, 4.69) is 17.2 Å². The van der Waals surface area contributed by atoms with Crippen molar-refractivity contribution in [1.29, 1.82) is 0 Å². The van der Waals surface area contributed by atoms with Gasteiger partial charge in [0.15, 0.2) is 0 Å². The fourth-order valence-corrected chi connectivity index (χ4v) is 8.25. The molecule has 4 aliphatic rings. The maximum Gasteiger partial charge on any atom is 0.341 e. The molecule has 1 saturated heterocycles. The highest BCUT2D eigenvalue weighted by Gasteiger charge is 2.67. The van der Waals surface area contributed by atoms with Crippen molar-refractivity contribution in [2.75, 3.05) is 37.5 Å². The minimum atomic E-state index is -0.600. The molecule has 2 aliphatic heterocycles. The molecule has 9 nitrogen and oxygen atoms in total. The number of allylic oxidation sites excluding steroid dienone is 1. The molecule has 6 rings (SSSR count). The molecule has 230 valence electrons. The number of fused-ring (bicyclic) bond motifs is 1. The van der Waals surface area contributed by atoms with Crippen LogP contribution in [0.15, 0.2) is 60.0 Å². The number of aliphatic hydroxyl groups excluding tert-OH is 2. The van der Waals surface area contributed by atoms with Gasteiger partial charge in [-0.2, -0.15) is 0 Å². The Morgan fingerprint density at radius 2 is 1.98 bits per heavy atom. The predicted octanol–water partition coefficient (Wildman–Crippen LogP) is 4.50. The van der Waals surface area contributed by atoms with E-state index in [-0.39, 0.29) is 35.2 Å². The van der Waals surface area contributed by atoms with E-state index in [9.17, 15) is 20.1 Å². The van der Waals surface area contributed by atoms with E-state index in [4.69, 9.17) is 9.47 Å². The molecule has 3 fully saturated rings. The summed E-state index contributed by atoms with van der Waals surface area (Å²) in [5.74, 6) is 0.851. The Labute approximate surface area is 253 Å². The molecular weight excluding hydrogens is 546 g/mol.